The van der Waals surface area contributed by atoms with Crippen molar-refractivity contribution >= 4 is 23.2 Å². The van der Waals surface area contributed by atoms with E-state index in [-0.39, 0.29) is 30.4 Å². The van der Waals surface area contributed by atoms with E-state index in [9.17, 15) is 9.59 Å². The lowest BCUT2D eigenvalue weighted by molar-refractivity contribution is -0.143. The van der Waals surface area contributed by atoms with Crippen LogP contribution < -0.4 is 0 Å². The van der Waals surface area contributed by atoms with Gasteiger partial charge in [0.2, 0.25) is 11.8 Å². The highest BCUT2D eigenvalue weighted by molar-refractivity contribution is 7.10. The third kappa shape index (κ3) is 6.71. The molecule has 1 unspecified atom stereocenters. The molecule has 5 heteroatoms. The molecule has 0 N–H and O–H groups in total. The Balaban J connectivity index is 1.66. The number of hydrogen-bond acceptors (Lipinski definition) is 3. The Morgan fingerprint density at radius 3 is 2.44 bits per heavy atom. The molecule has 0 aliphatic carbocycles. The number of carbonyl (C=O) groups is 2. The smallest absolute Gasteiger partial charge is 0.243 e. The molecule has 0 spiro atoms. The van der Waals surface area contributed by atoms with Crippen LogP contribution in [0.1, 0.15) is 99.7 Å². The van der Waals surface area contributed by atoms with E-state index >= 15 is 0 Å². The lowest BCUT2D eigenvalue weighted by atomic mass is 9.90. The Kier molecular flexibility index (Phi) is 10.2. The summed E-state index contributed by atoms with van der Waals surface area (Å²) in [5.74, 6) is 0.157. The first-order valence-electron chi connectivity index (χ1n) is 13.1. The van der Waals surface area contributed by atoms with Crippen LogP contribution >= 0.6 is 11.3 Å². The molecule has 0 saturated heterocycles. The average molecular weight is 483 g/mol. The monoisotopic (exact) mass is 482 g/mol. The number of hydrogen-bond donors (Lipinski definition) is 0. The van der Waals surface area contributed by atoms with Crippen LogP contribution in [0.25, 0.3) is 0 Å². The predicted octanol–water partition coefficient (Wildman–Crippen LogP) is 6.91. The summed E-state index contributed by atoms with van der Waals surface area (Å²) >= 11 is 1.78. The fourth-order valence-electron chi connectivity index (χ4n) is 4.99. The molecule has 34 heavy (non-hydrogen) atoms. The Morgan fingerprint density at radius 1 is 1.03 bits per heavy atom. The van der Waals surface area contributed by atoms with Gasteiger partial charge in [-0.2, -0.15) is 0 Å². The van der Waals surface area contributed by atoms with E-state index < -0.39 is 0 Å². The summed E-state index contributed by atoms with van der Waals surface area (Å²) in [6, 6.07) is 10.5. The van der Waals surface area contributed by atoms with Crippen LogP contribution in [0.4, 0.5) is 0 Å². The fourth-order valence-corrected chi connectivity index (χ4v) is 5.89. The molecule has 0 fully saturated rings. The largest absolute Gasteiger partial charge is 0.331 e. The molecule has 3 rings (SSSR count). The molecule has 1 aliphatic heterocycles. The highest BCUT2D eigenvalue weighted by atomic mass is 32.1. The normalized spacial score (nSPS) is 15.4. The van der Waals surface area contributed by atoms with Gasteiger partial charge in [-0.1, -0.05) is 69.7 Å². The van der Waals surface area contributed by atoms with Crippen LogP contribution in [0.15, 0.2) is 35.7 Å². The molecule has 4 nitrogen and oxygen atoms in total. The number of fused-ring (bicyclic) bond motifs is 1. The molecule has 2 heterocycles. The first kappa shape index (κ1) is 26.5. The molecular weight excluding hydrogens is 440 g/mol. The summed E-state index contributed by atoms with van der Waals surface area (Å²) in [5, 5.41) is 2.14. The van der Waals surface area contributed by atoms with Gasteiger partial charge in [0.25, 0.3) is 0 Å². The maximum atomic E-state index is 13.7. The summed E-state index contributed by atoms with van der Waals surface area (Å²) in [5.41, 5.74) is 3.62. The lowest BCUT2D eigenvalue weighted by Crippen LogP contribution is -2.48. The van der Waals surface area contributed by atoms with Crippen LogP contribution in [-0.4, -0.2) is 40.7 Å². The van der Waals surface area contributed by atoms with Crippen LogP contribution in [0, 0.1) is 6.92 Å². The van der Waals surface area contributed by atoms with Crippen molar-refractivity contribution < 1.29 is 9.59 Å². The minimum Gasteiger partial charge on any atom is -0.331 e. The van der Waals surface area contributed by atoms with Crippen LogP contribution in [-0.2, 0) is 16.0 Å². The SMILES string of the molecule is CCCCCCCCCC(=O)N(CC(=O)N1CCc2sccc2C1c1ccccc1C)C(C)C. The van der Waals surface area contributed by atoms with Crippen molar-refractivity contribution in [3.63, 3.8) is 0 Å². The zero-order chi connectivity index (χ0) is 24.5. The first-order chi connectivity index (χ1) is 16.4. The number of aryl methyl sites for hydroxylation is 1. The maximum absolute atomic E-state index is 13.7. The average Bonchev–Trinajstić information content (AvgIpc) is 3.30. The Morgan fingerprint density at radius 2 is 1.74 bits per heavy atom. The number of unbranched alkanes of at least 4 members (excludes halogenated alkanes) is 6. The van der Waals surface area contributed by atoms with E-state index in [1.165, 1.54) is 53.7 Å². The second-order valence-electron chi connectivity index (χ2n) is 9.88. The second kappa shape index (κ2) is 13.1. The quantitative estimate of drug-likeness (QED) is 0.308. The lowest BCUT2D eigenvalue weighted by Gasteiger charge is -2.38. The molecule has 1 aliphatic rings. The van der Waals surface area contributed by atoms with Gasteiger partial charge >= 0.3 is 0 Å². The minimum atomic E-state index is -0.0732. The van der Waals surface area contributed by atoms with Gasteiger partial charge in [-0.05, 0) is 61.7 Å². The molecule has 0 bridgehead atoms. The third-order valence-corrected chi connectivity index (χ3v) is 8.01. The number of nitrogens with zero attached hydrogens (tertiary/aromatic N) is 2. The molecule has 2 amide bonds. The number of carbonyl (C=O) groups excluding carboxylic acids is 2. The van der Waals surface area contributed by atoms with Gasteiger partial charge in [0.1, 0.15) is 6.54 Å². The highest BCUT2D eigenvalue weighted by Crippen LogP contribution is 2.39. The zero-order valence-electron chi connectivity index (χ0n) is 21.5. The molecule has 1 aromatic heterocycles. The van der Waals surface area contributed by atoms with Gasteiger partial charge in [-0.15, -0.1) is 11.3 Å². The summed E-state index contributed by atoms with van der Waals surface area (Å²) in [4.78, 5) is 31.9. The Labute approximate surface area is 210 Å². The predicted molar refractivity (Wildman–Crippen MR) is 142 cm³/mol. The standard InChI is InChI=1S/C29H42N2O2S/c1-5-6-7-8-9-10-11-16-27(32)31(22(2)3)21-28(33)30-19-17-26-25(18-20-34-26)29(30)24-15-13-12-14-23(24)4/h12-15,18,20,22,29H,5-11,16-17,19,21H2,1-4H3. The second-order valence-corrected chi connectivity index (χ2v) is 10.9. The van der Waals surface area contributed by atoms with E-state index in [1.807, 2.05) is 24.8 Å². The van der Waals surface area contributed by atoms with Crippen LogP contribution in [0.5, 0.6) is 0 Å². The van der Waals surface area contributed by atoms with Crippen LogP contribution in [0.3, 0.4) is 0 Å². The van der Waals surface area contributed by atoms with Crippen molar-refractivity contribution in [1.29, 1.82) is 0 Å². The number of thiophene rings is 1. The van der Waals surface area contributed by atoms with Crippen molar-refractivity contribution in [2.75, 3.05) is 13.1 Å². The Bertz CT molecular complexity index is 936. The molecule has 1 atom stereocenters. The summed E-state index contributed by atoms with van der Waals surface area (Å²) in [6.45, 7) is 9.24. The van der Waals surface area contributed by atoms with Crippen molar-refractivity contribution in [1.82, 2.24) is 9.80 Å². The number of rotatable bonds is 12. The first-order valence-corrected chi connectivity index (χ1v) is 14.0. The van der Waals surface area contributed by atoms with E-state index in [4.69, 9.17) is 0 Å². The van der Waals surface area contributed by atoms with E-state index in [0.717, 1.165) is 19.3 Å². The van der Waals surface area contributed by atoms with Gasteiger partial charge in [0.05, 0.1) is 6.04 Å². The minimum absolute atomic E-state index is 0.0133. The molecular formula is C29H42N2O2S. The summed E-state index contributed by atoms with van der Waals surface area (Å²) in [6.07, 6.45) is 9.73. The molecule has 0 saturated carbocycles. The van der Waals surface area contributed by atoms with E-state index in [1.54, 1.807) is 16.2 Å². The summed E-state index contributed by atoms with van der Waals surface area (Å²) < 4.78 is 0. The number of benzene rings is 1. The molecule has 2 aromatic rings. The maximum Gasteiger partial charge on any atom is 0.243 e. The Hall–Kier alpha value is -2.14. The molecule has 1 aromatic carbocycles. The molecule has 186 valence electrons. The fraction of sp³-hybridized carbons (Fsp3) is 0.586. The van der Waals surface area contributed by atoms with Crippen molar-refractivity contribution in [3.8, 4) is 0 Å². The van der Waals surface area contributed by atoms with Crippen LogP contribution in [0.2, 0.25) is 0 Å². The van der Waals surface area contributed by atoms with E-state index in [0.29, 0.717) is 13.0 Å². The summed E-state index contributed by atoms with van der Waals surface area (Å²) in [7, 11) is 0. The third-order valence-electron chi connectivity index (χ3n) is 7.01. The van der Waals surface area contributed by atoms with Crippen molar-refractivity contribution in [3.05, 3.63) is 57.3 Å². The highest BCUT2D eigenvalue weighted by Gasteiger charge is 2.34. The van der Waals surface area contributed by atoms with Gasteiger partial charge < -0.3 is 9.80 Å². The van der Waals surface area contributed by atoms with Gasteiger partial charge in [0.15, 0.2) is 0 Å². The van der Waals surface area contributed by atoms with Crippen molar-refractivity contribution in [2.45, 2.75) is 97.6 Å². The van der Waals surface area contributed by atoms with E-state index in [2.05, 4.69) is 43.5 Å². The van der Waals surface area contributed by atoms with Gasteiger partial charge in [-0.25, -0.2) is 0 Å². The topological polar surface area (TPSA) is 40.6 Å². The zero-order valence-corrected chi connectivity index (χ0v) is 22.3. The van der Waals surface area contributed by atoms with Crippen molar-refractivity contribution in [2.24, 2.45) is 0 Å². The molecule has 0 radical (unpaired) electrons. The van der Waals surface area contributed by atoms with Gasteiger partial charge in [0, 0.05) is 23.9 Å². The number of amides is 2. The van der Waals surface area contributed by atoms with Gasteiger partial charge in [-0.3, -0.25) is 9.59 Å².